The van der Waals surface area contributed by atoms with Gasteiger partial charge in [0.25, 0.3) is 0 Å². The molecular formula is C11H9F6. The third kappa shape index (κ3) is 3.38. The number of aryl methyl sites for hydroxylation is 1. The molecule has 0 N–H and O–H groups in total. The van der Waals surface area contributed by atoms with E-state index in [1.807, 2.05) is 0 Å². The number of alkyl halides is 6. The number of hydrogen-bond acceptors (Lipinski definition) is 0. The number of hydrogen-bond donors (Lipinski definition) is 0. The van der Waals surface area contributed by atoms with Gasteiger partial charge in [-0.05, 0) is 30.5 Å². The summed E-state index contributed by atoms with van der Waals surface area (Å²) < 4.78 is 74.5. The van der Waals surface area contributed by atoms with Crippen LogP contribution in [0.25, 0.3) is 0 Å². The molecule has 0 amide bonds. The van der Waals surface area contributed by atoms with Crippen LogP contribution >= 0.6 is 0 Å². The van der Waals surface area contributed by atoms with Gasteiger partial charge in [0.05, 0.1) is 11.1 Å². The highest BCUT2D eigenvalue weighted by Crippen LogP contribution is 2.37. The quantitative estimate of drug-likeness (QED) is 0.683. The Hall–Kier alpha value is -1.20. The van der Waals surface area contributed by atoms with Gasteiger partial charge in [0.2, 0.25) is 0 Å². The molecule has 1 aromatic rings. The fraction of sp³-hybridized carbons (Fsp3) is 0.364. The molecule has 1 radical (unpaired) electrons. The lowest BCUT2D eigenvalue weighted by molar-refractivity contribution is -0.143. The van der Waals surface area contributed by atoms with Gasteiger partial charge in [-0.25, -0.2) is 0 Å². The van der Waals surface area contributed by atoms with Gasteiger partial charge in [-0.1, -0.05) is 13.0 Å². The largest absolute Gasteiger partial charge is 0.416 e. The number of benzene rings is 1. The molecule has 0 spiro atoms. The minimum Gasteiger partial charge on any atom is -0.166 e. The Morgan fingerprint density at radius 2 is 1.53 bits per heavy atom. The molecule has 0 aliphatic carbocycles. The Morgan fingerprint density at radius 3 is 1.94 bits per heavy atom. The fourth-order valence-electron chi connectivity index (χ4n) is 1.43. The summed E-state index contributed by atoms with van der Waals surface area (Å²) in [5, 5.41) is 0. The summed E-state index contributed by atoms with van der Waals surface area (Å²) in [6.45, 7) is 3.39. The van der Waals surface area contributed by atoms with Gasteiger partial charge in [-0.15, -0.1) is 0 Å². The van der Waals surface area contributed by atoms with Gasteiger partial charge < -0.3 is 0 Å². The maximum Gasteiger partial charge on any atom is 0.416 e. The van der Waals surface area contributed by atoms with Crippen LogP contribution in [0.2, 0.25) is 0 Å². The van der Waals surface area contributed by atoms with E-state index in [1.54, 1.807) is 0 Å². The Morgan fingerprint density at radius 1 is 0.941 bits per heavy atom. The molecule has 0 nitrogen and oxygen atoms in total. The van der Waals surface area contributed by atoms with E-state index in [4.69, 9.17) is 0 Å². The fourth-order valence-corrected chi connectivity index (χ4v) is 1.43. The van der Waals surface area contributed by atoms with Crippen molar-refractivity contribution in [2.75, 3.05) is 0 Å². The highest BCUT2D eigenvalue weighted by atomic mass is 19.4. The van der Waals surface area contributed by atoms with Crippen LogP contribution in [0.15, 0.2) is 18.2 Å². The van der Waals surface area contributed by atoms with Gasteiger partial charge in [-0.3, -0.25) is 0 Å². The SMILES string of the molecule is [CH2]CCc1ccc(C(F)(F)F)cc1C(F)(F)F. The first-order valence-corrected chi connectivity index (χ1v) is 4.73. The Bertz CT molecular complexity index is 388. The van der Waals surface area contributed by atoms with Crippen LogP contribution in [0, 0.1) is 6.92 Å². The van der Waals surface area contributed by atoms with Gasteiger partial charge in [0.1, 0.15) is 0 Å². The summed E-state index contributed by atoms with van der Waals surface area (Å²) in [6.07, 6.45) is -9.38. The van der Waals surface area contributed by atoms with E-state index in [9.17, 15) is 26.3 Å². The smallest absolute Gasteiger partial charge is 0.166 e. The second-order valence-corrected chi connectivity index (χ2v) is 3.47. The van der Waals surface area contributed by atoms with Crippen LogP contribution in [0.5, 0.6) is 0 Å². The lowest BCUT2D eigenvalue weighted by Crippen LogP contribution is -2.13. The van der Waals surface area contributed by atoms with Gasteiger partial charge in [-0.2, -0.15) is 26.3 Å². The standard InChI is InChI=1S/C11H9F6/c1-2-3-7-4-5-8(10(12,13)14)6-9(7)11(15,16)17/h4-6H,1-3H2. The van der Waals surface area contributed by atoms with Crippen LogP contribution in [-0.4, -0.2) is 0 Å². The van der Waals surface area contributed by atoms with Crippen molar-refractivity contribution in [1.29, 1.82) is 0 Å². The van der Waals surface area contributed by atoms with Crippen molar-refractivity contribution in [3.05, 3.63) is 41.8 Å². The third-order valence-corrected chi connectivity index (χ3v) is 2.19. The minimum atomic E-state index is -4.79. The van der Waals surface area contributed by atoms with Gasteiger partial charge >= 0.3 is 12.4 Å². The van der Waals surface area contributed by atoms with Crippen molar-refractivity contribution < 1.29 is 26.3 Å². The normalized spacial score (nSPS) is 12.9. The maximum absolute atomic E-state index is 12.6. The van der Waals surface area contributed by atoms with Crippen molar-refractivity contribution in [3.63, 3.8) is 0 Å². The highest BCUT2D eigenvalue weighted by Gasteiger charge is 2.37. The zero-order valence-electron chi connectivity index (χ0n) is 8.62. The van der Waals surface area contributed by atoms with E-state index >= 15 is 0 Å². The predicted molar refractivity (Wildman–Crippen MR) is 50.1 cm³/mol. The summed E-state index contributed by atoms with van der Waals surface area (Å²) >= 11 is 0. The average Bonchev–Trinajstić information content (AvgIpc) is 2.15. The first-order chi connectivity index (χ1) is 7.66. The van der Waals surface area contributed by atoms with Crippen LogP contribution < -0.4 is 0 Å². The minimum absolute atomic E-state index is 0.00696. The molecule has 0 saturated heterocycles. The maximum atomic E-state index is 12.6. The molecule has 0 atom stereocenters. The van der Waals surface area contributed by atoms with E-state index < -0.39 is 23.5 Å². The van der Waals surface area contributed by atoms with Crippen molar-refractivity contribution in [2.24, 2.45) is 0 Å². The molecule has 0 bridgehead atoms. The first kappa shape index (κ1) is 13.9. The molecular weight excluding hydrogens is 246 g/mol. The molecule has 1 aromatic carbocycles. The predicted octanol–water partition coefficient (Wildman–Crippen LogP) is 4.49. The van der Waals surface area contributed by atoms with Crippen molar-refractivity contribution >= 4 is 0 Å². The molecule has 1 rings (SSSR count). The van der Waals surface area contributed by atoms with Gasteiger partial charge in [0, 0.05) is 0 Å². The van der Waals surface area contributed by atoms with Crippen molar-refractivity contribution in [2.45, 2.75) is 25.2 Å². The molecule has 0 aliphatic rings. The first-order valence-electron chi connectivity index (χ1n) is 4.73. The summed E-state index contributed by atoms with van der Waals surface area (Å²) in [4.78, 5) is 0. The lowest BCUT2D eigenvalue weighted by atomic mass is 10.00. The lowest BCUT2D eigenvalue weighted by Gasteiger charge is -2.15. The topological polar surface area (TPSA) is 0 Å². The van der Waals surface area contributed by atoms with Crippen LogP contribution in [-0.2, 0) is 18.8 Å². The van der Waals surface area contributed by atoms with Crippen LogP contribution in [0.1, 0.15) is 23.1 Å². The second-order valence-electron chi connectivity index (χ2n) is 3.47. The summed E-state index contributed by atoms with van der Waals surface area (Å²) in [6, 6.07) is 1.65. The monoisotopic (exact) mass is 255 g/mol. The summed E-state index contributed by atoms with van der Waals surface area (Å²) in [7, 11) is 0. The molecule has 0 heterocycles. The molecule has 0 saturated carbocycles. The number of halogens is 6. The summed E-state index contributed by atoms with van der Waals surface area (Å²) in [5.74, 6) is 0. The zero-order chi connectivity index (χ0) is 13.3. The van der Waals surface area contributed by atoms with E-state index in [0.29, 0.717) is 6.07 Å². The molecule has 0 aliphatic heterocycles. The molecule has 0 aromatic heterocycles. The van der Waals surface area contributed by atoms with Crippen molar-refractivity contribution in [1.82, 2.24) is 0 Å². The van der Waals surface area contributed by atoms with E-state index in [-0.39, 0.29) is 24.5 Å². The van der Waals surface area contributed by atoms with E-state index in [2.05, 4.69) is 6.92 Å². The Balaban J connectivity index is 3.30. The Labute approximate surface area is 94.2 Å². The van der Waals surface area contributed by atoms with Crippen molar-refractivity contribution in [3.8, 4) is 0 Å². The van der Waals surface area contributed by atoms with E-state index in [1.165, 1.54) is 0 Å². The average molecular weight is 255 g/mol. The zero-order valence-corrected chi connectivity index (χ0v) is 8.62. The molecule has 95 valence electrons. The van der Waals surface area contributed by atoms with E-state index in [0.717, 1.165) is 6.07 Å². The third-order valence-electron chi connectivity index (χ3n) is 2.19. The second kappa shape index (κ2) is 4.58. The Kier molecular flexibility index (Phi) is 3.74. The van der Waals surface area contributed by atoms with Crippen LogP contribution in [0.3, 0.4) is 0 Å². The molecule has 0 unspecified atom stereocenters. The number of rotatable bonds is 2. The molecule has 17 heavy (non-hydrogen) atoms. The highest BCUT2D eigenvalue weighted by molar-refractivity contribution is 5.35. The molecule has 6 heteroatoms. The molecule has 0 fully saturated rings. The van der Waals surface area contributed by atoms with Gasteiger partial charge in [0.15, 0.2) is 0 Å². The summed E-state index contributed by atoms with van der Waals surface area (Å²) in [5.41, 5.74) is -2.70. The van der Waals surface area contributed by atoms with Crippen LogP contribution in [0.4, 0.5) is 26.3 Å².